The Kier molecular flexibility index (Phi) is 5.40. The zero-order valence-corrected chi connectivity index (χ0v) is 10.3. The molecule has 2 atom stereocenters. The topological polar surface area (TPSA) is 29.3 Å². The summed E-state index contributed by atoms with van der Waals surface area (Å²) < 4.78 is 35.9. The van der Waals surface area contributed by atoms with Crippen molar-refractivity contribution in [2.45, 2.75) is 31.3 Å². The van der Waals surface area contributed by atoms with Crippen LogP contribution < -0.4 is 5.73 Å². The minimum atomic E-state index is -4.11. The largest absolute Gasteiger partial charge is 0.441 e. The number of likely N-dealkylation sites (tertiary alicyclic amines) is 1. The first-order valence-electron chi connectivity index (χ1n) is 5.57. The van der Waals surface area contributed by atoms with Gasteiger partial charge in [0.05, 0.1) is 0 Å². The SMILES string of the molecule is CC1CCN(CCSC(F)(F)F)C(CN)C1. The molecule has 0 aliphatic carbocycles. The van der Waals surface area contributed by atoms with Gasteiger partial charge in [0.15, 0.2) is 0 Å². The summed E-state index contributed by atoms with van der Waals surface area (Å²) in [5.41, 5.74) is 1.53. The van der Waals surface area contributed by atoms with Crippen LogP contribution in [0, 0.1) is 5.92 Å². The third-order valence-electron chi connectivity index (χ3n) is 3.02. The van der Waals surface area contributed by atoms with E-state index in [4.69, 9.17) is 5.73 Å². The molecule has 2 unspecified atom stereocenters. The Labute approximate surface area is 98.7 Å². The van der Waals surface area contributed by atoms with Gasteiger partial charge in [0.1, 0.15) is 0 Å². The first-order valence-corrected chi connectivity index (χ1v) is 6.55. The van der Waals surface area contributed by atoms with E-state index in [2.05, 4.69) is 11.8 Å². The fraction of sp³-hybridized carbons (Fsp3) is 1.00. The van der Waals surface area contributed by atoms with Crippen LogP contribution in [0.3, 0.4) is 0 Å². The number of nitrogens with zero attached hydrogens (tertiary/aromatic N) is 1. The van der Waals surface area contributed by atoms with Crippen molar-refractivity contribution in [2.75, 3.05) is 25.4 Å². The molecular weight excluding hydrogens is 237 g/mol. The lowest BCUT2D eigenvalue weighted by molar-refractivity contribution is -0.0329. The Balaban J connectivity index is 2.29. The highest BCUT2D eigenvalue weighted by molar-refractivity contribution is 8.00. The van der Waals surface area contributed by atoms with Crippen LogP contribution in [0.15, 0.2) is 0 Å². The van der Waals surface area contributed by atoms with E-state index < -0.39 is 5.51 Å². The number of halogens is 3. The highest BCUT2D eigenvalue weighted by atomic mass is 32.2. The van der Waals surface area contributed by atoms with Crippen molar-refractivity contribution in [2.24, 2.45) is 11.7 Å². The average Bonchev–Trinajstić information content (AvgIpc) is 2.18. The number of thioether (sulfide) groups is 1. The maximum Gasteiger partial charge on any atom is 0.441 e. The van der Waals surface area contributed by atoms with Crippen LogP contribution in [-0.4, -0.2) is 41.8 Å². The minimum Gasteiger partial charge on any atom is -0.329 e. The summed E-state index contributed by atoms with van der Waals surface area (Å²) in [6, 6.07) is 0.262. The van der Waals surface area contributed by atoms with Gasteiger partial charge < -0.3 is 5.73 Å². The number of hydrogen-bond acceptors (Lipinski definition) is 3. The third kappa shape index (κ3) is 4.93. The Hall–Kier alpha value is 0.0600. The highest BCUT2D eigenvalue weighted by Gasteiger charge is 2.30. The number of piperidine rings is 1. The van der Waals surface area contributed by atoms with Gasteiger partial charge in [-0.1, -0.05) is 6.92 Å². The van der Waals surface area contributed by atoms with E-state index in [0.29, 0.717) is 19.0 Å². The predicted molar refractivity (Wildman–Crippen MR) is 61.3 cm³/mol. The molecule has 6 heteroatoms. The van der Waals surface area contributed by atoms with E-state index >= 15 is 0 Å². The van der Waals surface area contributed by atoms with Gasteiger partial charge in [-0.05, 0) is 37.1 Å². The normalized spacial score (nSPS) is 28.3. The van der Waals surface area contributed by atoms with Crippen LogP contribution in [0.4, 0.5) is 13.2 Å². The second kappa shape index (κ2) is 6.12. The van der Waals surface area contributed by atoms with Crippen LogP contribution in [0.5, 0.6) is 0 Å². The number of hydrogen-bond donors (Lipinski definition) is 1. The van der Waals surface area contributed by atoms with E-state index in [-0.39, 0.29) is 23.6 Å². The first-order chi connectivity index (χ1) is 7.42. The van der Waals surface area contributed by atoms with E-state index in [9.17, 15) is 13.2 Å². The molecule has 0 amide bonds. The number of nitrogens with two attached hydrogens (primary N) is 1. The van der Waals surface area contributed by atoms with Gasteiger partial charge in [-0.2, -0.15) is 13.2 Å². The summed E-state index contributed by atoms with van der Waals surface area (Å²) >= 11 is 0.0581. The molecule has 1 aliphatic rings. The molecular formula is C10H19F3N2S. The molecule has 16 heavy (non-hydrogen) atoms. The lowest BCUT2D eigenvalue weighted by atomic mass is 9.92. The fourth-order valence-corrected chi connectivity index (χ4v) is 2.68. The lowest BCUT2D eigenvalue weighted by Gasteiger charge is -2.37. The number of alkyl halides is 3. The van der Waals surface area contributed by atoms with Crippen molar-refractivity contribution in [3.63, 3.8) is 0 Å². The van der Waals surface area contributed by atoms with E-state index in [0.717, 1.165) is 19.4 Å². The molecule has 0 spiro atoms. The molecule has 2 nitrogen and oxygen atoms in total. The number of rotatable bonds is 4. The Morgan fingerprint density at radius 2 is 2.12 bits per heavy atom. The first kappa shape index (κ1) is 14.1. The van der Waals surface area contributed by atoms with Gasteiger partial charge in [0.25, 0.3) is 0 Å². The van der Waals surface area contributed by atoms with Gasteiger partial charge in [0.2, 0.25) is 0 Å². The van der Waals surface area contributed by atoms with E-state index in [1.165, 1.54) is 0 Å². The molecule has 0 aromatic rings. The van der Waals surface area contributed by atoms with Gasteiger partial charge >= 0.3 is 5.51 Å². The van der Waals surface area contributed by atoms with E-state index in [1.807, 2.05) is 0 Å². The lowest BCUT2D eigenvalue weighted by Crippen LogP contribution is -2.47. The van der Waals surface area contributed by atoms with Crippen LogP contribution in [-0.2, 0) is 0 Å². The van der Waals surface area contributed by atoms with Crippen molar-refractivity contribution in [1.82, 2.24) is 4.90 Å². The quantitative estimate of drug-likeness (QED) is 0.837. The Morgan fingerprint density at radius 3 is 2.69 bits per heavy atom. The van der Waals surface area contributed by atoms with Crippen molar-refractivity contribution < 1.29 is 13.2 Å². The monoisotopic (exact) mass is 256 g/mol. The molecule has 1 saturated heterocycles. The molecule has 1 fully saturated rings. The van der Waals surface area contributed by atoms with Gasteiger partial charge in [0, 0.05) is 24.9 Å². The zero-order chi connectivity index (χ0) is 12.2. The smallest absolute Gasteiger partial charge is 0.329 e. The molecule has 1 rings (SSSR count). The minimum absolute atomic E-state index is 0.0581. The summed E-state index contributed by atoms with van der Waals surface area (Å²) in [7, 11) is 0. The summed E-state index contributed by atoms with van der Waals surface area (Å²) in [6.45, 7) is 4.08. The molecule has 0 radical (unpaired) electrons. The average molecular weight is 256 g/mol. The van der Waals surface area contributed by atoms with E-state index in [1.54, 1.807) is 0 Å². The van der Waals surface area contributed by atoms with Gasteiger partial charge in [-0.15, -0.1) is 0 Å². The zero-order valence-electron chi connectivity index (χ0n) is 9.46. The van der Waals surface area contributed by atoms with Crippen molar-refractivity contribution >= 4 is 11.8 Å². The summed E-state index contributed by atoms with van der Waals surface area (Å²) in [4.78, 5) is 2.10. The van der Waals surface area contributed by atoms with Crippen molar-refractivity contribution in [3.8, 4) is 0 Å². The molecule has 0 bridgehead atoms. The van der Waals surface area contributed by atoms with Crippen LogP contribution >= 0.6 is 11.8 Å². The Bertz CT molecular complexity index is 211. The molecule has 0 saturated carbocycles. The molecule has 0 aromatic heterocycles. The maximum atomic E-state index is 12.0. The standard InChI is InChI=1S/C10H19F3N2S/c1-8-2-3-15(9(6-8)7-14)4-5-16-10(11,12)13/h8-9H,2-7,14H2,1H3. The predicted octanol–water partition coefficient (Wildman–Crippen LogP) is 2.30. The molecule has 2 N–H and O–H groups in total. The van der Waals surface area contributed by atoms with Crippen molar-refractivity contribution in [3.05, 3.63) is 0 Å². The van der Waals surface area contributed by atoms with Crippen LogP contribution in [0.2, 0.25) is 0 Å². The molecule has 0 aromatic carbocycles. The van der Waals surface area contributed by atoms with Crippen LogP contribution in [0.25, 0.3) is 0 Å². The third-order valence-corrected chi connectivity index (χ3v) is 3.73. The second-order valence-corrected chi connectivity index (χ2v) is 5.51. The summed E-state index contributed by atoms with van der Waals surface area (Å²) in [6.07, 6.45) is 2.07. The molecule has 1 aliphatic heterocycles. The van der Waals surface area contributed by atoms with Gasteiger partial charge in [-0.3, -0.25) is 4.90 Å². The molecule has 1 heterocycles. The van der Waals surface area contributed by atoms with Gasteiger partial charge in [-0.25, -0.2) is 0 Å². The van der Waals surface area contributed by atoms with Crippen LogP contribution in [0.1, 0.15) is 19.8 Å². The molecule has 96 valence electrons. The second-order valence-electron chi connectivity index (χ2n) is 4.35. The fourth-order valence-electron chi connectivity index (χ4n) is 2.12. The maximum absolute atomic E-state index is 12.0. The summed E-state index contributed by atoms with van der Waals surface area (Å²) in [5.74, 6) is 0.744. The Morgan fingerprint density at radius 1 is 1.44 bits per heavy atom. The highest BCUT2D eigenvalue weighted by Crippen LogP contribution is 2.30. The summed E-state index contributed by atoms with van der Waals surface area (Å²) in [5, 5.41) is 0. The van der Waals surface area contributed by atoms with Crippen molar-refractivity contribution in [1.29, 1.82) is 0 Å².